The Bertz CT molecular complexity index is 591. The molecule has 0 N–H and O–H groups in total. The molecule has 0 unspecified atom stereocenters. The Kier molecular flexibility index (Phi) is 3.05. The van der Waals surface area contributed by atoms with Crippen LogP contribution in [0.15, 0.2) is 41.2 Å². The van der Waals surface area contributed by atoms with Gasteiger partial charge in [0.1, 0.15) is 5.52 Å². The summed E-state index contributed by atoms with van der Waals surface area (Å²) in [5.41, 5.74) is 1.30. The van der Waals surface area contributed by atoms with Crippen LogP contribution >= 0.6 is 12.6 Å². The van der Waals surface area contributed by atoms with Gasteiger partial charge in [-0.15, -0.1) is 5.10 Å². The first kappa shape index (κ1) is 10.9. The van der Waals surface area contributed by atoms with Crippen molar-refractivity contribution in [2.75, 3.05) is 5.75 Å². The van der Waals surface area contributed by atoms with Crippen LogP contribution in [0, 0.1) is 0 Å². The Balaban J connectivity index is 2.53. The van der Waals surface area contributed by atoms with Crippen molar-refractivity contribution in [3.63, 3.8) is 0 Å². The summed E-state index contributed by atoms with van der Waals surface area (Å²) in [5, 5.41) is 8.40. The third-order valence-corrected chi connectivity index (χ3v) is 2.67. The first-order valence-corrected chi connectivity index (χ1v) is 5.45. The highest BCUT2D eigenvalue weighted by Crippen LogP contribution is 2.04. The van der Waals surface area contributed by atoms with E-state index in [1.807, 2.05) is 12.1 Å². The number of rotatable bonds is 3. The van der Waals surface area contributed by atoms with Crippen LogP contribution in [0.1, 0.15) is 0 Å². The topological polar surface area (TPSA) is 47.8 Å². The lowest BCUT2D eigenvalue weighted by molar-refractivity contribution is 0.596. The summed E-state index contributed by atoms with van der Waals surface area (Å²) in [4.78, 5) is 12.0. The summed E-state index contributed by atoms with van der Waals surface area (Å²) in [7, 11) is 0. The van der Waals surface area contributed by atoms with Crippen molar-refractivity contribution in [2.45, 2.75) is 6.54 Å². The van der Waals surface area contributed by atoms with Crippen molar-refractivity contribution in [3.8, 4) is 0 Å². The van der Waals surface area contributed by atoms with Gasteiger partial charge in [-0.05, 0) is 17.7 Å². The monoisotopic (exact) mass is 233 g/mol. The van der Waals surface area contributed by atoms with Gasteiger partial charge in [-0.25, -0.2) is 4.68 Å². The van der Waals surface area contributed by atoms with Gasteiger partial charge < -0.3 is 0 Å². The molecule has 1 aromatic heterocycles. The van der Waals surface area contributed by atoms with E-state index >= 15 is 0 Å². The SMILES string of the molecule is C=C(CS)Cn1nnc2ccccc2c1=O. The van der Waals surface area contributed by atoms with Gasteiger partial charge in [0.2, 0.25) is 0 Å². The van der Waals surface area contributed by atoms with Gasteiger partial charge in [-0.2, -0.15) is 12.6 Å². The van der Waals surface area contributed by atoms with Crippen molar-refractivity contribution in [2.24, 2.45) is 0 Å². The summed E-state index contributed by atoms with van der Waals surface area (Å²) >= 11 is 4.09. The lowest BCUT2D eigenvalue weighted by Gasteiger charge is -2.04. The zero-order valence-corrected chi connectivity index (χ0v) is 9.52. The van der Waals surface area contributed by atoms with Crippen LogP contribution in [0.25, 0.3) is 10.9 Å². The van der Waals surface area contributed by atoms with Crippen LogP contribution in [-0.2, 0) is 6.54 Å². The predicted octanol–water partition coefficient (Wildman–Crippen LogP) is 1.28. The molecule has 0 aliphatic carbocycles. The van der Waals surface area contributed by atoms with Crippen LogP contribution in [0.2, 0.25) is 0 Å². The molecule has 0 spiro atoms. The zero-order valence-electron chi connectivity index (χ0n) is 8.63. The van der Waals surface area contributed by atoms with Crippen LogP contribution < -0.4 is 5.56 Å². The molecule has 4 nitrogen and oxygen atoms in total. The Morgan fingerprint density at radius 3 is 2.94 bits per heavy atom. The van der Waals surface area contributed by atoms with Gasteiger partial charge in [-0.1, -0.05) is 23.9 Å². The van der Waals surface area contributed by atoms with E-state index in [9.17, 15) is 4.79 Å². The van der Waals surface area contributed by atoms with E-state index in [0.29, 0.717) is 23.2 Å². The summed E-state index contributed by atoms with van der Waals surface area (Å²) in [5.74, 6) is 0.529. The largest absolute Gasteiger partial charge is 0.277 e. The molecule has 0 fully saturated rings. The molecule has 16 heavy (non-hydrogen) atoms. The average molecular weight is 233 g/mol. The standard InChI is InChI=1S/C11H11N3OS/c1-8(7-16)6-14-11(15)9-4-2-3-5-10(9)12-13-14/h2-5,16H,1,6-7H2. The quantitative estimate of drug-likeness (QED) is 0.641. The number of fused-ring (bicyclic) bond motifs is 1. The Labute approximate surface area is 98.0 Å². The summed E-state index contributed by atoms with van der Waals surface area (Å²) in [6.45, 7) is 4.15. The number of hydrogen-bond acceptors (Lipinski definition) is 4. The predicted molar refractivity (Wildman–Crippen MR) is 66.8 cm³/mol. The average Bonchev–Trinajstić information content (AvgIpc) is 2.33. The molecule has 2 rings (SSSR count). The number of thiol groups is 1. The minimum absolute atomic E-state index is 0.145. The van der Waals surface area contributed by atoms with E-state index in [1.54, 1.807) is 12.1 Å². The highest BCUT2D eigenvalue weighted by atomic mass is 32.1. The zero-order chi connectivity index (χ0) is 11.5. The Morgan fingerprint density at radius 1 is 1.44 bits per heavy atom. The van der Waals surface area contributed by atoms with Crippen LogP contribution in [0.5, 0.6) is 0 Å². The molecule has 0 atom stereocenters. The molecule has 1 heterocycles. The fourth-order valence-electron chi connectivity index (χ4n) is 1.39. The molecule has 0 radical (unpaired) electrons. The molecule has 0 saturated heterocycles. The Morgan fingerprint density at radius 2 is 2.19 bits per heavy atom. The van der Waals surface area contributed by atoms with Crippen LogP contribution in [0.3, 0.4) is 0 Å². The maximum absolute atomic E-state index is 12.0. The molecule has 0 bridgehead atoms. The minimum atomic E-state index is -0.145. The van der Waals surface area contributed by atoms with Gasteiger partial charge >= 0.3 is 0 Å². The van der Waals surface area contributed by atoms with Crippen LogP contribution in [-0.4, -0.2) is 20.7 Å². The molecule has 1 aromatic carbocycles. The summed E-state index contributed by atoms with van der Waals surface area (Å²) in [6.07, 6.45) is 0. The first-order chi connectivity index (χ1) is 7.72. The molecule has 2 aromatic rings. The van der Waals surface area contributed by atoms with E-state index in [-0.39, 0.29) is 5.56 Å². The number of benzene rings is 1. The van der Waals surface area contributed by atoms with Gasteiger partial charge in [0.15, 0.2) is 0 Å². The van der Waals surface area contributed by atoms with Gasteiger partial charge in [0.25, 0.3) is 5.56 Å². The van der Waals surface area contributed by atoms with Gasteiger partial charge in [0, 0.05) is 5.75 Å². The first-order valence-electron chi connectivity index (χ1n) is 4.82. The second kappa shape index (κ2) is 4.49. The highest BCUT2D eigenvalue weighted by Gasteiger charge is 2.04. The third kappa shape index (κ3) is 1.99. The van der Waals surface area contributed by atoms with E-state index in [4.69, 9.17) is 0 Å². The minimum Gasteiger partial charge on any atom is -0.267 e. The van der Waals surface area contributed by atoms with Crippen molar-refractivity contribution in [1.29, 1.82) is 0 Å². The third-order valence-electron chi connectivity index (χ3n) is 2.23. The second-order valence-electron chi connectivity index (χ2n) is 3.48. The summed E-state index contributed by atoms with van der Waals surface area (Å²) in [6, 6.07) is 7.14. The summed E-state index contributed by atoms with van der Waals surface area (Å²) < 4.78 is 1.31. The molecule has 0 aliphatic rings. The van der Waals surface area contributed by atoms with Crippen LogP contribution in [0.4, 0.5) is 0 Å². The van der Waals surface area contributed by atoms with Crippen molar-refractivity contribution < 1.29 is 0 Å². The lowest BCUT2D eigenvalue weighted by atomic mass is 10.2. The fourth-order valence-corrected chi connectivity index (χ4v) is 1.49. The number of nitrogens with zero attached hydrogens (tertiary/aromatic N) is 3. The number of aromatic nitrogens is 3. The van der Waals surface area contributed by atoms with E-state index < -0.39 is 0 Å². The molecule has 0 aliphatic heterocycles. The van der Waals surface area contributed by atoms with E-state index in [1.165, 1.54) is 4.68 Å². The van der Waals surface area contributed by atoms with E-state index in [2.05, 4.69) is 29.5 Å². The number of hydrogen-bond donors (Lipinski definition) is 1. The molecule has 0 amide bonds. The lowest BCUT2D eigenvalue weighted by Crippen LogP contribution is -2.25. The smallest absolute Gasteiger partial charge is 0.267 e. The molecular formula is C11H11N3OS. The highest BCUT2D eigenvalue weighted by molar-refractivity contribution is 7.80. The van der Waals surface area contributed by atoms with Gasteiger partial charge in [0.05, 0.1) is 11.9 Å². The normalized spacial score (nSPS) is 10.6. The maximum atomic E-state index is 12.0. The van der Waals surface area contributed by atoms with Crippen molar-refractivity contribution >= 4 is 23.5 Å². The molecular weight excluding hydrogens is 222 g/mol. The van der Waals surface area contributed by atoms with Crippen molar-refractivity contribution in [1.82, 2.24) is 15.0 Å². The van der Waals surface area contributed by atoms with Gasteiger partial charge in [-0.3, -0.25) is 4.79 Å². The molecule has 0 saturated carbocycles. The molecule has 5 heteroatoms. The molecule has 82 valence electrons. The maximum Gasteiger partial charge on any atom is 0.277 e. The Hall–Kier alpha value is -1.62. The van der Waals surface area contributed by atoms with Crippen molar-refractivity contribution in [3.05, 3.63) is 46.8 Å². The van der Waals surface area contributed by atoms with E-state index in [0.717, 1.165) is 5.57 Å². The fraction of sp³-hybridized carbons (Fsp3) is 0.182. The second-order valence-corrected chi connectivity index (χ2v) is 3.79.